The number of carbonyl (C=O) groups is 1. The van der Waals surface area contributed by atoms with Crippen LogP contribution in [-0.2, 0) is 56.9 Å². The molecule has 0 saturated carbocycles. The van der Waals surface area contributed by atoms with Crippen LogP contribution in [0.5, 0.6) is 0 Å². The predicted molar refractivity (Wildman–Crippen MR) is 148 cm³/mol. The molecule has 240 valence electrons. The van der Waals surface area contributed by atoms with Crippen molar-refractivity contribution < 1.29 is 56.9 Å². The highest BCUT2D eigenvalue weighted by Crippen LogP contribution is 2.08. The lowest BCUT2D eigenvalue weighted by Crippen LogP contribution is -2.24. The summed E-state index contributed by atoms with van der Waals surface area (Å²) in [6.45, 7) is 15.9. The van der Waals surface area contributed by atoms with Crippen LogP contribution in [0.2, 0.25) is 0 Å². The molecule has 0 rings (SSSR count). The highest BCUT2D eigenvalue weighted by molar-refractivity contribution is 5.69. The average molecular weight is 586 g/mol. The van der Waals surface area contributed by atoms with E-state index < -0.39 is 5.60 Å². The fourth-order valence-corrected chi connectivity index (χ4v) is 2.71. The second-order valence-corrected chi connectivity index (χ2v) is 9.25. The summed E-state index contributed by atoms with van der Waals surface area (Å²) in [6.07, 6.45) is 0.234. The lowest BCUT2D eigenvalue weighted by molar-refractivity contribution is -0.156. The van der Waals surface area contributed by atoms with Crippen LogP contribution < -0.4 is 5.73 Å². The molecule has 0 saturated heterocycles. The molecule has 0 aromatic carbocycles. The van der Waals surface area contributed by atoms with Crippen LogP contribution in [0.3, 0.4) is 0 Å². The molecule has 13 nitrogen and oxygen atoms in total. The SMILES string of the molecule is CC(C)(C)OC(=O)CCOCCOCCOCCOCCOCCOCCOCCOCCOCCOCCN. The van der Waals surface area contributed by atoms with Crippen LogP contribution in [0.15, 0.2) is 0 Å². The van der Waals surface area contributed by atoms with Gasteiger partial charge in [0.15, 0.2) is 0 Å². The number of rotatable bonds is 32. The van der Waals surface area contributed by atoms with Crippen LogP contribution in [0.4, 0.5) is 0 Å². The third-order valence-electron chi connectivity index (χ3n) is 4.48. The van der Waals surface area contributed by atoms with Crippen LogP contribution in [0.1, 0.15) is 27.2 Å². The standard InChI is InChI=1S/C27H55NO12/c1-27(2,3)40-26(29)4-6-30-8-10-32-12-14-34-16-18-36-20-22-38-24-25-39-23-21-37-19-17-35-15-13-33-11-9-31-7-5-28/h4-25,28H2,1-3H3. The van der Waals surface area contributed by atoms with Crippen LogP contribution >= 0.6 is 0 Å². The van der Waals surface area contributed by atoms with E-state index >= 15 is 0 Å². The number of carbonyl (C=O) groups excluding carboxylic acids is 1. The van der Waals surface area contributed by atoms with Gasteiger partial charge in [-0.1, -0.05) is 0 Å². The molecular formula is C27H55NO12. The minimum Gasteiger partial charge on any atom is -0.460 e. The first-order valence-electron chi connectivity index (χ1n) is 14.1. The Balaban J connectivity index is 3.09. The van der Waals surface area contributed by atoms with E-state index in [1.165, 1.54) is 0 Å². The molecule has 0 spiro atoms. The molecule has 0 heterocycles. The normalized spacial score (nSPS) is 11.8. The largest absolute Gasteiger partial charge is 0.460 e. The Morgan fingerprint density at radius 2 is 0.650 bits per heavy atom. The first-order chi connectivity index (χ1) is 19.5. The maximum Gasteiger partial charge on any atom is 0.308 e. The third kappa shape index (κ3) is 35.1. The second-order valence-electron chi connectivity index (χ2n) is 9.25. The van der Waals surface area contributed by atoms with Gasteiger partial charge in [0.05, 0.1) is 139 Å². The summed E-state index contributed by atoms with van der Waals surface area (Å²) in [5.74, 6) is -0.264. The fourth-order valence-electron chi connectivity index (χ4n) is 2.71. The van der Waals surface area contributed by atoms with E-state index in [2.05, 4.69) is 0 Å². The van der Waals surface area contributed by atoms with E-state index in [0.717, 1.165) is 0 Å². The molecular weight excluding hydrogens is 530 g/mol. The van der Waals surface area contributed by atoms with Gasteiger partial charge in [-0.3, -0.25) is 4.79 Å². The molecule has 0 radical (unpaired) electrons. The Hall–Kier alpha value is -0.970. The minimum atomic E-state index is -0.471. The molecule has 0 aliphatic carbocycles. The molecule has 2 N–H and O–H groups in total. The van der Waals surface area contributed by atoms with Crippen molar-refractivity contribution in [1.82, 2.24) is 0 Å². The van der Waals surface area contributed by atoms with E-state index in [0.29, 0.717) is 139 Å². The summed E-state index contributed by atoms with van der Waals surface area (Å²) in [6, 6.07) is 0. The molecule has 0 bridgehead atoms. The Bertz CT molecular complexity index is 522. The molecule has 0 atom stereocenters. The Morgan fingerprint density at radius 3 is 0.875 bits per heavy atom. The lowest BCUT2D eigenvalue weighted by atomic mass is 10.2. The quantitative estimate of drug-likeness (QED) is 0.0880. The maximum atomic E-state index is 11.5. The monoisotopic (exact) mass is 585 g/mol. The molecule has 0 aromatic rings. The molecule has 40 heavy (non-hydrogen) atoms. The number of hydrogen-bond donors (Lipinski definition) is 1. The summed E-state index contributed by atoms with van der Waals surface area (Å²) >= 11 is 0. The molecule has 0 aliphatic heterocycles. The zero-order valence-electron chi connectivity index (χ0n) is 25.0. The Labute approximate surface area is 240 Å². The van der Waals surface area contributed by atoms with Crippen LogP contribution in [0, 0.1) is 0 Å². The molecule has 0 aromatic heterocycles. The van der Waals surface area contributed by atoms with Crippen molar-refractivity contribution >= 4 is 5.97 Å². The van der Waals surface area contributed by atoms with Gasteiger partial charge in [-0.2, -0.15) is 0 Å². The van der Waals surface area contributed by atoms with E-state index in [-0.39, 0.29) is 12.4 Å². The van der Waals surface area contributed by atoms with Gasteiger partial charge in [-0.25, -0.2) is 0 Å². The summed E-state index contributed by atoms with van der Waals surface area (Å²) in [5.41, 5.74) is 4.85. The van der Waals surface area contributed by atoms with Gasteiger partial charge >= 0.3 is 5.97 Å². The topological polar surface area (TPSA) is 145 Å². The van der Waals surface area contributed by atoms with E-state index in [9.17, 15) is 4.79 Å². The lowest BCUT2D eigenvalue weighted by Gasteiger charge is -2.19. The van der Waals surface area contributed by atoms with Gasteiger partial charge < -0.3 is 57.8 Å². The zero-order chi connectivity index (χ0) is 29.4. The van der Waals surface area contributed by atoms with Crippen LogP contribution in [-0.4, -0.2) is 150 Å². The van der Waals surface area contributed by atoms with Crippen molar-refractivity contribution in [3.8, 4) is 0 Å². The molecule has 0 unspecified atom stereocenters. The van der Waals surface area contributed by atoms with Gasteiger partial charge in [-0.05, 0) is 20.8 Å². The summed E-state index contributed by atoms with van der Waals surface area (Å²) in [7, 11) is 0. The first-order valence-corrected chi connectivity index (χ1v) is 14.1. The van der Waals surface area contributed by atoms with Crippen molar-refractivity contribution in [3.63, 3.8) is 0 Å². The van der Waals surface area contributed by atoms with Crippen LogP contribution in [0.25, 0.3) is 0 Å². The van der Waals surface area contributed by atoms with Crippen molar-refractivity contribution in [3.05, 3.63) is 0 Å². The van der Waals surface area contributed by atoms with Gasteiger partial charge in [-0.15, -0.1) is 0 Å². The predicted octanol–water partition coefficient (Wildman–Crippen LogP) is 0.843. The number of esters is 1. The number of nitrogens with two attached hydrogens (primary N) is 1. The smallest absolute Gasteiger partial charge is 0.308 e. The maximum absolute atomic E-state index is 11.5. The van der Waals surface area contributed by atoms with Gasteiger partial charge in [0.25, 0.3) is 0 Å². The van der Waals surface area contributed by atoms with Gasteiger partial charge in [0.1, 0.15) is 5.60 Å². The van der Waals surface area contributed by atoms with Crippen molar-refractivity contribution in [2.45, 2.75) is 32.8 Å². The van der Waals surface area contributed by atoms with Crippen molar-refractivity contribution in [1.29, 1.82) is 0 Å². The molecule has 0 aliphatic rings. The Morgan fingerprint density at radius 1 is 0.425 bits per heavy atom. The molecule has 0 amide bonds. The first kappa shape index (κ1) is 39.0. The molecule has 13 heteroatoms. The van der Waals surface area contributed by atoms with Crippen molar-refractivity contribution in [2.24, 2.45) is 5.73 Å². The highest BCUT2D eigenvalue weighted by atomic mass is 16.6. The Kier molecular flexibility index (Phi) is 30.2. The zero-order valence-corrected chi connectivity index (χ0v) is 25.0. The summed E-state index contributed by atoms with van der Waals surface area (Å²) < 4.78 is 59.2. The third-order valence-corrected chi connectivity index (χ3v) is 4.48. The second kappa shape index (κ2) is 31.0. The summed E-state index contributed by atoms with van der Waals surface area (Å²) in [5, 5.41) is 0. The minimum absolute atomic E-state index is 0.234. The number of ether oxygens (including phenoxy) is 11. The van der Waals surface area contributed by atoms with E-state index in [1.807, 2.05) is 20.8 Å². The van der Waals surface area contributed by atoms with E-state index in [1.54, 1.807) is 0 Å². The van der Waals surface area contributed by atoms with E-state index in [4.69, 9.17) is 57.8 Å². The highest BCUT2D eigenvalue weighted by Gasteiger charge is 2.15. The number of hydrogen-bond acceptors (Lipinski definition) is 13. The van der Waals surface area contributed by atoms with Gasteiger partial charge in [0, 0.05) is 6.54 Å². The molecule has 0 fully saturated rings. The fraction of sp³-hybridized carbons (Fsp3) is 0.963. The average Bonchev–Trinajstić information content (AvgIpc) is 2.90. The van der Waals surface area contributed by atoms with Crippen molar-refractivity contribution in [2.75, 3.05) is 139 Å². The summed E-state index contributed by atoms with van der Waals surface area (Å²) in [4.78, 5) is 11.5. The van der Waals surface area contributed by atoms with Gasteiger partial charge in [0.2, 0.25) is 0 Å².